The Morgan fingerprint density at radius 1 is 1.12 bits per heavy atom. The zero-order chi connectivity index (χ0) is 16.9. The van der Waals surface area contributed by atoms with Gasteiger partial charge in [-0.15, -0.1) is 0 Å². The standard InChI is InChI=1S/C17H13FN4O2/c18-13-6-2-1-5-12(13)14-9-17(24)22(11-20-14)10-16(23)21-15-7-3-4-8-19-15/h1-9,11H,10H2,(H,19,21,23). The van der Waals surface area contributed by atoms with Crippen molar-refractivity contribution in [2.75, 3.05) is 5.32 Å². The molecule has 0 aliphatic rings. The number of nitrogens with zero attached hydrogens (tertiary/aromatic N) is 3. The molecule has 1 N–H and O–H groups in total. The van der Waals surface area contributed by atoms with Crippen LogP contribution in [0.1, 0.15) is 0 Å². The van der Waals surface area contributed by atoms with E-state index in [1.54, 1.807) is 36.5 Å². The summed E-state index contributed by atoms with van der Waals surface area (Å²) in [4.78, 5) is 32.1. The van der Waals surface area contributed by atoms with Gasteiger partial charge in [-0.3, -0.25) is 14.2 Å². The normalized spacial score (nSPS) is 10.4. The molecule has 6 nitrogen and oxygen atoms in total. The van der Waals surface area contributed by atoms with Crippen LogP contribution < -0.4 is 10.9 Å². The SMILES string of the molecule is O=C(Cn1cnc(-c2ccccc2F)cc1=O)Nc1ccccn1. The van der Waals surface area contributed by atoms with Crippen LogP contribution in [0, 0.1) is 5.82 Å². The van der Waals surface area contributed by atoms with Gasteiger partial charge < -0.3 is 5.32 Å². The lowest BCUT2D eigenvalue weighted by Gasteiger charge is -2.07. The third-order valence-corrected chi connectivity index (χ3v) is 3.28. The van der Waals surface area contributed by atoms with Gasteiger partial charge in [0.15, 0.2) is 0 Å². The van der Waals surface area contributed by atoms with Crippen molar-refractivity contribution in [1.29, 1.82) is 0 Å². The molecule has 24 heavy (non-hydrogen) atoms. The number of nitrogens with one attached hydrogen (secondary N) is 1. The van der Waals surface area contributed by atoms with Crippen LogP contribution in [0.25, 0.3) is 11.3 Å². The summed E-state index contributed by atoms with van der Waals surface area (Å²) in [6.45, 7) is -0.208. The first-order valence-corrected chi connectivity index (χ1v) is 7.16. The highest BCUT2D eigenvalue weighted by atomic mass is 19.1. The average molecular weight is 324 g/mol. The molecule has 0 spiro atoms. The van der Waals surface area contributed by atoms with Crippen LogP contribution in [0.2, 0.25) is 0 Å². The van der Waals surface area contributed by atoms with E-state index >= 15 is 0 Å². The van der Waals surface area contributed by atoms with Crippen LogP contribution in [0.4, 0.5) is 10.2 Å². The Morgan fingerprint density at radius 2 is 1.92 bits per heavy atom. The maximum atomic E-state index is 13.7. The number of anilines is 1. The fourth-order valence-electron chi connectivity index (χ4n) is 2.13. The molecule has 0 atom stereocenters. The first kappa shape index (κ1) is 15.5. The van der Waals surface area contributed by atoms with E-state index in [9.17, 15) is 14.0 Å². The molecule has 3 rings (SSSR count). The highest BCUT2D eigenvalue weighted by Gasteiger charge is 2.10. The highest BCUT2D eigenvalue weighted by molar-refractivity contribution is 5.89. The number of pyridine rings is 1. The van der Waals surface area contributed by atoms with E-state index in [1.807, 2.05) is 0 Å². The third kappa shape index (κ3) is 3.52. The molecule has 3 aromatic rings. The van der Waals surface area contributed by atoms with Gasteiger partial charge in [0.25, 0.3) is 5.56 Å². The van der Waals surface area contributed by atoms with Crippen molar-refractivity contribution >= 4 is 11.7 Å². The third-order valence-electron chi connectivity index (χ3n) is 3.28. The van der Waals surface area contributed by atoms with E-state index in [4.69, 9.17) is 0 Å². The van der Waals surface area contributed by atoms with Crippen LogP contribution in [0.15, 0.2) is 65.8 Å². The Balaban J connectivity index is 1.77. The van der Waals surface area contributed by atoms with E-state index in [2.05, 4.69) is 15.3 Å². The average Bonchev–Trinajstić information content (AvgIpc) is 2.58. The molecule has 0 radical (unpaired) electrons. The van der Waals surface area contributed by atoms with Crippen LogP contribution >= 0.6 is 0 Å². The van der Waals surface area contributed by atoms with E-state index in [1.165, 1.54) is 24.5 Å². The molecular formula is C17H13FN4O2. The molecule has 0 unspecified atom stereocenters. The van der Waals surface area contributed by atoms with Gasteiger partial charge in [0, 0.05) is 17.8 Å². The molecule has 2 aromatic heterocycles. The number of carbonyl (C=O) groups is 1. The second-order valence-electron chi connectivity index (χ2n) is 4.98. The second-order valence-corrected chi connectivity index (χ2v) is 4.98. The lowest BCUT2D eigenvalue weighted by molar-refractivity contribution is -0.116. The molecule has 2 heterocycles. The second kappa shape index (κ2) is 6.82. The van der Waals surface area contributed by atoms with Gasteiger partial charge in [0.1, 0.15) is 18.2 Å². The number of rotatable bonds is 4. The van der Waals surface area contributed by atoms with Crippen LogP contribution in [-0.2, 0) is 11.3 Å². The minimum Gasteiger partial charge on any atom is -0.309 e. The lowest BCUT2D eigenvalue weighted by Crippen LogP contribution is -2.27. The summed E-state index contributed by atoms with van der Waals surface area (Å²) in [6, 6.07) is 12.4. The fourth-order valence-corrected chi connectivity index (χ4v) is 2.13. The molecule has 7 heteroatoms. The highest BCUT2D eigenvalue weighted by Crippen LogP contribution is 2.18. The van der Waals surface area contributed by atoms with Crippen LogP contribution in [0.3, 0.4) is 0 Å². The molecule has 0 fully saturated rings. The number of carbonyl (C=O) groups excluding carboxylic acids is 1. The Kier molecular flexibility index (Phi) is 4.42. The number of hydrogen-bond acceptors (Lipinski definition) is 4. The topological polar surface area (TPSA) is 76.9 Å². The minimum absolute atomic E-state index is 0.208. The van der Waals surface area contributed by atoms with Crippen molar-refractivity contribution in [3.63, 3.8) is 0 Å². The van der Waals surface area contributed by atoms with Crippen molar-refractivity contribution in [3.8, 4) is 11.3 Å². The van der Waals surface area contributed by atoms with Crippen molar-refractivity contribution in [2.45, 2.75) is 6.54 Å². The molecule has 0 aliphatic heterocycles. The molecule has 0 saturated heterocycles. The Hall–Kier alpha value is -3.35. The van der Waals surface area contributed by atoms with Crippen molar-refractivity contribution < 1.29 is 9.18 Å². The lowest BCUT2D eigenvalue weighted by atomic mass is 10.1. The summed E-state index contributed by atoms with van der Waals surface area (Å²) in [6.07, 6.45) is 2.77. The van der Waals surface area contributed by atoms with Gasteiger partial charge in [-0.05, 0) is 24.3 Å². The molecule has 120 valence electrons. The van der Waals surface area contributed by atoms with E-state index in [0.29, 0.717) is 5.82 Å². The van der Waals surface area contributed by atoms with Gasteiger partial charge in [-0.1, -0.05) is 18.2 Å². The van der Waals surface area contributed by atoms with E-state index < -0.39 is 17.3 Å². The first-order chi connectivity index (χ1) is 11.6. The summed E-state index contributed by atoms with van der Waals surface area (Å²) in [5.41, 5.74) is 0.0126. The van der Waals surface area contributed by atoms with Gasteiger partial charge in [-0.2, -0.15) is 0 Å². The maximum Gasteiger partial charge on any atom is 0.254 e. The number of hydrogen-bond donors (Lipinski definition) is 1. The van der Waals surface area contributed by atoms with Gasteiger partial charge >= 0.3 is 0 Å². The summed E-state index contributed by atoms with van der Waals surface area (Å²) in [5.74, 6) is -0.474. The quantitative estimate of drug-likeness (QED) is 0.797. The van der Waals surface area contributed by atoms with E-state index in [-0.39, 0.29) is 17.8 Å². The Bertz CT molecular complexity index is 925. The number of amides is 1. The van der Waals surface area contributed by atoms with Crippen molar-refractivity contribution in [3.05, 3.63) is 77.2 Å². The Labute approximate surface area is 136 Å². The first-order valence-electron chi connectivity index (χ1n) is 7.16. The molecular weight excluding hydrogens is 311 g/mol. The maximum absolute atomic E-state index is 13.7. The van der Waals surface area contributed by atoms with Gasteiger partial charge in [0.05, 0.1) is 12.0 Å². The summed E-state index contributed by atoms with van der Waals surface area (Å²) in [7, 11) is 0. The monoisotopic (exact) mass is 324 g/mol. The number of benzene rings is 1. The predicted octanol–water partition coefficient (Wildman–Crippen LogP) is 2.08. The summed E-state index contributed by atoms with van der Waals surface area (Å²) in [5, 5.41) is 2.58. The molecule has 0 bridgehead atoms. The number of halogens is 1. The molecule has 1 aromatic carbocycles. The Morgan fingerprint density at radius 3 is 2.62 bits per heavy atom. The summed E-state index contributed by atoms with van der Waals surface area (Å²) < 4.78 is 14.9. The largest absolute Gasteiger partial charge is 0.309 e. The van der Waals surface area contributed by atoms with Gasteiger partial charge in [0.2, 0.25) is 5.91 Å². The number of aromatic nitrogens is 3. The van der Waals surface area contributed by atoms with Crippen molar-refractivity contribution in [1.82, 2.24) is 14.5 Å². The molecule has 0 aliphatic carbocycles. The molecule has 0 saturated carbocycles. The van der Waals surface area contributed by atoms with E-state index in [0.717, 1.165) is 4.57 Å². The van der Waals surface area contributed by atoms with Gasteiger partial charge in [-0.25, -0.2) is 14.4 Å². The van der Waals surface area contributed by atoms with Crippen LogP contribution in [-0.4, -0.2) is 20.4 Å². The molecule has 1 amide bonds. The van der Waals surface area contributed by atoms with Crippen LogP contribution in [0.5, 0.6) is 0 Å². The minimum atomic E-state index is -0.463. The zero-order valence-corrected chi connectivity index (χ0v) is 12.5. The smallest absolute Gasteiger partial charge is 0.254 e. The zero-order valence-electron chi connectivity index (χ0n) is 12.5. The summed E-state index contributed by atoms with van der Waals surface area (Å²) >= 11 is 0. The fraction of sp³-hybridized carbons (Fsp3) is 0.0588. The predicted molar refractivity (Wildman–Crippen MR) is 86.8 cm³/mol. The van der Waals surface area contributed by atoms with Crippen molar-refractivity contribution in [2.24, 2.45) is 0 Å².